The summed E-state index contributed by atoms with van der Waals surface area (Å²) in [6.07, 6.45) is 0. The van der Waals surface area contributed by atoms with Gasteiger partial charge in [-0.1, -0.05) is 109 Å². The van der Waals surface area contributed by atoms with E-state index in [-0.39, 0.29) is 17.5 Å². The van der Waals surface area contributed by atoms with E-state index in [1.165, 1.54) is 36.4 Å². The predicted octanol–water partition coefficient (Wildman–Crippen LogP) is 14.3. The maximum Gasteiger partial charge on any atom is 0.164 e. The highest BCUT2D eigenvalue weighted by Crippen LogP contribution is 2.41. The summed E-state index contributed by atoms with van der Waals surface area (Å²) in [5.41, 5.74) is 11.1. The van der Waals surface area contributed by atoms with Crippen molar-refractivity contribution < 1.29 is 13.2 Å². The summed E-state index contributed by atoms with van der Waals surface area (Å²) in [7, 11) is 0. The van der Waals surface area contributed by atoms with E-state index >= 15 is 0 Å². The highest BCUT2D eigenvalue weighted by atomic mass is 19.1. The first-order valence-corrected chi connectivity index (χ1v) is 23.2. The standard InChI is InChI=1S/C60H36F3N9/c61-37-25-31-40(32-26-37)70-52-22-10-7-19-49(52)64-58(70)46-16-4-1-13-43(46)55-67-56(44-14-2-5-17-47(44)59-65-50-20-8-11-23-53(50)71(59)41-33-27-38(62)28-34-41)69-57(68-55)45-15-3-6-18-48(45)60-66-51-21-9-12-24-54(51)72(60)42-35-29-39(63)30-36-42/h1-36H. The Morgan fingerprint density at radius 1 is 0.236 bits per heavy atom. The van der Waals surface area contributed by atoms with Crippen LogP contribution in [0.2, 0.25) is 0 Å². The Morgan fingerprint density at radius 2 is 0.472 bits per heavy atom. The van der Waals surface area contributed by atoms with Crippen molar-refractivity contribution in [3.63, 3.8) is 0 Å². The molecule has 0 aliphatic rings. The fourth-order valence-electron chi connectivity index (χ4n) is 9.53. The van der Waals surface area contributed by atoms with Crippen molar-refractivity contribution in [2.75, 3.05) is 0 Å². The Kier molecular flexibility index (Phi) is 10.2. The number of rotatable bonds is 9. The number of aromatic nitrogens is 9. The number of nitrogens with zero attached hydrogens (tertiary/aromatic N) is 9. The normalized spacial score (nSPS) is 11.5. The van der Waals surface area contributed by atoms with Crippen molar-refractivity contribution in [2.45, 2.75) is 0 Å². The van der Waals surface area contributed by atoms with Crippen LogP contribution in [0.1, 0.15) is 0 Å². The van der Waals surface area contributed by atoms with Gasteiger partial charge in [-0.25, -0.2) is 43.1 Å². The zero-order valence-electron chi connectivity index (χ0n) is 37.9. The van der Waals surface area contributed by atoms with Crippen LogP contribution in [0.25, 0.3) is 118 Å². The van der Waals surface area contributed by atoms with Crippen LogP contribution >= 0.6 is 0 Å². The minimum atomic E-state index is -0.350. The first-order chi connectivity index (χ1) is 35.4. The fraction of sp³-hybridized carbons (Fsp3) is 0. The van der Waals surface area contributed by atoms with E-state index in [4.69, 9.17) is 29.9 Å². The molecule has 0 aliphatic carbocycles. The molecule has 0 amide bonds. The van der Waals surface area contributed by atoms with Crippen LogP contribution < -0.4 is 0 Å². The number of hydrogen-bond donors (Lipinski definition) is 0. The average Bonchev–Trinajstić information content (AvgIpc) is 4.14. The Morgan fingerprint density at radius 3 is 0.750 bits per heavy atom. The average molecular weight is 940 g/mol. The second-order valence-electron chi connectivity index (χ2n) is 17.2. The molecule has 12 heteroatoms. The minimum Gasteiger partial charge on any atom is -0.292 e. The van der Waals surface area contributed by atoms with Gasteiger partial charge in [0.25, 0.3) is 0 Å². The Balaban J connectivity index is 1.08. The maximum atomic E-state index is 14.4. The van der Waals surface area contributed by atoms with E-state index in [2.05, 4.69) is 0 Å². The Labute approximate surface area is 409 Å². The molecule has 4 aromatic heterocycles. The van der Waals surface area contributed by atoms with Crippen LogP contribution in [0.3, 0.4) is 0 Å². The molecule has 0 spiro atoms. The lowest BCUT2D eigenvalue weighted by molar-refractivity contribution is 0.627. The van der Waals surface area contributed by atoms with Crippen molar-refractivity contribution in [2.24, 2.45) is 0 Å². The Hall–Kier alpha value is -9.81. The van der Waals surface area contributed by atoms with Gasteiger partial charge in [0.2, 0.25) is 0 Å². The summed E-state index contributed by atoms with van der Waals surface area (Å²) in [6, 6.07) is 66.0. The molecule has 13 rings (SSSR count). The topological polar surface area (TPSA) is 92.1 Å². The van der Waals surface area contributed by atoms with Crippen molar-refractivity contribution in [1.82, 2.24) is 43.6 Å². The summed E-state index contributed by atoms with van der Waals surface area (Å²) < 4.78 is 49.4. The fourth-order valence-corrected chi connectivity index (χ4v) is 9.53. The van der Waals surface area contributed by atoms with Crippen LogP contribution in [0.4, 0.5) is 13.2 Å². The summed E-state index contributed by atoms with van der Waals surface area (Å²) in [6.45, 7) is 0. The highest BCUT2D eigenvalue weighted by Gasteiger charge is 2.26. The number of para-hydroxylation sites is 6. The lowest BCUT2D eigenvalue weighted by Crippen LogP contribution is -2.05. The number of fused-ring (bicyclic) bond motifs is 3. The SMILES string of the molecule is Fc1ccc(-n2c(-c3ccccc3-c3nc(-c4ccccc4-c4nc5ccccc5n4-c4ccc(F)cc4)nc(-c4ccccc4-c4nc5ccccc5n4-c4ccc(F)cc4)n3)nc3ccccc32)cc1. The molecule has 0 fully saturated rings. The van der Waals surface area contributed by atoms with Crippen LogP contribution in [0.5, 0.6) is 0 Å². The number of hydrogen-bond acceptors (Lipinski definition) is 6. The lowest BCUT2D eigenvalue weighted by atomic mass is 10.0. The molecular weight excluding hydrogens is 904 g/mol. The summed E-state index contributed by atoms with van der Waals surface area (Å²) >= 11 is 0. The van der Waals surface area contributed by atoms with Crippen LogP contribution in [-0.4, -0.2) is 43.6 Å². The number of halogens is 3. The van der Waals surface area contributed by atoms with Gasteiger partial charge in [0, 0.05) is 50.4 Å². The molecule has 0 unspecified atom stereocenters. The summed E-state index contributed by atoms with van der Waals surface area (Å²) in [5, 5.41) is 0. The molecule has 13 aromatic rings. The highest BCUT2D eigenvalue weighted by molar-refractivity contribution is 5.92. The van der Waals surface area contributed by atoms with E-state index < -0.39 is 0 Å². The predicted molar refractivity (Wildman–Crippen MR) is 276 cm³/mol. The van der Waals surface area contributed by atoms with Crippen molar-refractivity contribution in [1.29, 1.82) is 0 Å². The summed E-state index contributed by atoms with van der Waals surface area (Å²) in [4.78, 5) is 31.7. The lowest BCUT2D eigenvalue weighted by Gasteiger charge is -2.16. The third-order valence-corrected chi connectivity index (χ3v) is 12.8. The molecule has 72 heavy (non-hydrogen) atoms. The maximum absolute atomic E-state index is 14.4. The van der Waals surface area contributed by atoms with Crippen LogP contribution in [0.15, 0.2) is 218 Å². The molecule has 0 aliphatic heterocycles. The van der Waals surface area contributed by atoms with Crippen molar-refractivity contribution >= 4 is 33.1 Å². The second-order valence-corrected chi connectivity index (χ2v) is 17.2. The number of benzene rings is 9. The molecule has 0 atom stereocenters. The second kappa shape index (κ2) is 17.3. The molecule has 9 aromatic carbocycles. The largest absolute Gasteiger partial charge is 0.292 e. The van der Waals surface area contributed by atoms with Gasteiger partial charge >= 0.3 is 0 Å². The molecule has 0 bridgehead atoms. The van der Waals surface area contributed by atoms with E-state index in [1.807, 2.05) is 159 Å². The van der Waals surface area contributed by atoms with E-state index in [0.717, 1.165) is 66.9 Å². The molecule has 0 radical (unpaired) electrons. The van der Waals surface area contributed by atoms with Crippen LogP contribution in [0, 0.1) is 17.5 Å². The van der Waals surface area contributed by atoms with Crippen molar-refractivity contribution in [3.8, 4) is 85.4 Å². The molecule has 0 saturated heterocycles. The monoisotopic (exact) mass is 939 g/mol. The first kappa shape index (κ1) is 42.3. The minimum absolute atomic E-state index is 0.350. The van der Waals surface area contributed by atoms with Gasteiger partial charge in [0.1, 0.15) is 34.9 Å². The molecule has 9 nitrogen and oxygen atoms in total. The quantitative estimate of drug-likeness (QED) is 0.143. The summed E-state index contributed by atoms with van der Waals surface area (Å²) in [5.74, 6) is 1.81. The zero-order chi connectivity index (χ0) is 48.3. The van der Waals surface area contributed by atoms with Gasteiger partial charge in [0.15, 0.2) is 17.5 Å². The Bertz CT molecular complexity index is 3750. The number of imidazole rings is 3. The molecule has 4 heterocycles. The van der Waals surface area contributed by atoms with Gasteiger partial charge in [-0.2, -0.15) is 0 Å². The van der Waals surface area contributed by atoms with E-state index in [9.17, 15) is 13.2 Å². The molecular formula is C60H36F3N9. The molecule has 0 N–H and O–H groups in total. The van der Waals surface area contributed by atoms with E-state index in [0.29, 0.717) is 51.6 Å². The van der Waals surface area contributed by atoms with Gasteiger partial charge in [-0.05, 0) is 109 Å². The smallest absolute Gasteiger partial charge is 0.164 e. The van der Waals surface area contributed by atoms with Gasteiger partial charge in [0.05, 0.1) is 33.1 Å². The molecule has 0 saturated carbocycles. The molecule has 342 valence electrons. The van der Waals surface area contributed by atoms with Gasteiger partial charge < -0.3 is 0 Å². The van der Waals surface area contributed by atoms with E-state index in [1.54, 1.807) is 36.4 Å². The van der Waals surface area contributed by atoms with Crippen molar-refractivity contribution in [3.05, 3.63) is 236 Å². The third-order valence-electron chi connectivity index (χ3n) is 12.8. The van der Waals surface area contributed by atoms with Gasteiger partial charge in [-0.15, -0.1) is 0 Å². The zero-order valence-corrected chi connectivity index (χ0v) is 37.9. The first-order valence-electron chi connectivity index (χ1n) is 23.2. The van der Waals surface area contributed by atoms with Crippen LogP contribution in [-0.2, 0) is 0 Å². The van der Waals surface area contributed by atoms with Gasteiger partial charge in [-0.3, -0.25) is 13.7 Å². The third kappa shape index (κ3) is 7.28.